The van der Waals surface area contributed by atoms with Crippen molar-refractivity contribution in [2.24, 2.45) is 0 Å². The summed E-state index contributed by atoms with van der Waals surface area (Å²) >= 11 is 5.72. The minimum absolute atomic E-state index is 0.0413. The van der Waals surface area contributed by atoms with Gasteiger partial charge in [0.25, 0.3) is 0 Å². The highest BCUT2D eigenvalue weighted by Crippen LogP contribution is 2.16. The molecule has 0 radical (unpaired) electrons. The Morgan fingerprint density at radius 1 is 1.12 bits per heavy atom. The third-order valence-electron chi connectivity index (χ3n) is 3.60. The van der Waals surface area contributed by atoms with Crippen LogP contribution in [0.3, 0.4) is 0 Å². The highest BCUT2D eigenvalue weighted by molar-refractivity contribution is 6.31. The SMILES string of the molecule is COCCOCCOCC(=O)N1CCN(c2nnc(Cl)c(N)n2)CC1. The van der Waals surface area contributed by atoms with E-state index in [-0.39, 0.29) is 23.5 Å². The predicted octanol–water partition coefficient (Wildman–Crippen LogP) is -0.565. The summed E-state index contributed by atoms with van der Waals surface area (Å²) < 4.78 is 15.5. The van der Waals surface area contributed by atoms with Crippen LogP contribution in [0, 0.1) is 0 Å². The smallest absolute Gasteiger partial charge is 0.248 e. The van der Waals surface area contributed by atoms with Crippen LogP contribution in [0.4, 0.5) is 11.8 Å². The first kappa shape index (κ1) is 19.6. The van der Waals surface area contributed by atoms with Crippen molar-refractivity contribution in [3.63, 3.8) is 0 Å². The van der Waals surface area contributed by atoms with E-state index in [1.54, 1.807) is 12.0 Å². The zero-order valence-electron chi connectivity index (χ0n) is 14.2. The molecule has 1 fully saturated rings. The van der Waals surface area contributed by atoms with E-state index in [1.807, 2.05) is 4.90 Å². The van der Waals surface area contributed by atoms with E-state index in [0.29, 0.717) is 58.6 Å². The van der Waals surface area contributed by atoms with Crippen molar-refractivity contribution in [1.29, 1.82) is 0 Å². The molecule has 1 aromatic heterocycles. The van der Waals surface area contributed by atoms with E-state index in [2.05, 4.69) is 15.2 Å². The molecular weight excluding hydrogens is 352 g/mol. The quantitative estimate of drug-likeness (QED) is 0.567. The number of nitrogens with zero attached hydrogens (tertiary/aromatic N) is 5. The highest BCUT2D eigenvalue weighted by Gasteiger charge is 2.23. The van der Waals surface area contributed by atoms with E-state index < -0.39 is 0 Å². The maximum absolute atomic E-state index is 12.1. The molecule has 1 aliphatic rings. The van der Waals surface area contributed by atoms with Crippen molar-refractivity contribution in [3.05, 3.63) is 5.15 Å². The number of ether oxygens (including phenoxy) is 3. The summed E-state index contributed by atoms with van der Waals surface area (Å²) in [6, 6.07) is 0. The Balaban J connectivity index is 1.65. The van der Waals surface area contributed by atoms with Gasteiger partial charge in [-0.1, -0.05) is 11.6 Å². The minimum atomic E-state index is -0.0498. The number of amides is 1. The van der Waals surface area contributed by atoms with Gasteiger partial charge in [0.1, 0.15) is 6.61 Å². The van der Waals surface area contributed by atoms with Crippen molar-refractivity contribution in [2.45, 2.75) is 0 Å². The minimum Gasteiger partial charge on any atom is -0.382 e. The van der Waals surface area contributed by atoms with Crippen LogP contribution in [0.15, 0.2) is 0 Å². The lowest BCUT2D eigenvalue weighted by Crippen LogP contribution is -2.50. The first-order chi connectivity index (χ1) is 12.1. The van der Waals surface area contributed by atoms with E-state index in [4.69, 9.17) is 31.5 Å². The lowest BCUT2D eigenvalue weighted by molar-refractivity contribution is -0.137. The Kier molecular flexibility index (Phi) is 8.06. The molecule has 0 aromatic carbocycles. The Bertz CT molecular complexity index is 556. The topological polar surface area (TPSA) is 116 Å². The summed E-state index contributed by atoms with van der Waals surface area (Å²) in [6.45, 7) is 4.20. The molecule has 1 aliphatic heterocycles. The zero-order chi connectivity index (χ0) is 18.1. The number of rotatable bonds is 9. The second kappa shape index (κ2) is 10.3. The number of nitrogen functional groups attached to an aromatic ring is 1. The molecule has 11 heteroatoms. The normalized spacial score (nSPS) is 14.8. The Morgan fingerprint density at radius 3 is 2.48 bits per heavy atom. The second-order valence-electron chi connectivity index (χ2n) is 5.31. The lowest BCUT2D eigenvalue weighted by atomic mass is 10.3. The molecule has 0 unspecified atom stereocenters. The molecule has 2 heterocycles. The average molecular weight is 375 g/mol. The predicted molar refractivity (Wildman–Crippen MR) is 91.6 cm³/mol. The number of nitrogens with two attached hydrogens (primary N) is 1. The molecule has 1 saturated heterocycles. The standard InChI is InChI=1S/C14H23ClN6O4/c1-23-6-7-24-8-9-25-10-11(22)20-2-4-21(5-3-20)14-17-13(16)12(15)18-19-14/h2-10H2,1H3,(H2,16,17,19). The summed E-state index contributed by atoms with van der Waals surface area (Å²) in [5.74, 6) is 0.510. The summed E-state index contributed by atoms with van der Waals surface area (Å²) in [6.07, 6.45) is 0. The van der Waals surface area contributed by atoms with E-state index in [1.165, 1.54) is 0 Å². The summed E-state index contributed by atoms with van der Waals surface area (Å²) in [7, 11) is 1.61. The van der Waals surface area contributed by atoms with Crippen LogP contribution in [0.25, 0.3) is 0 Å². The number of carbonyl (C=O) groups excluding carboxylic acids is 1. The van der Waals surface area contributed by atoms with Gasteiger partial charge in [0.2, 0.25) is 11.9 Å². The Hall–Kier alpha value is -1.75. The third-order valence-corrected chi connectivity index (χ3v) is 3.87. The van der Waals surface area contributed by atoms with Crippen molar-refractivity contribution >= 4 is 29.3 Å². The van der Waals surface area contributed by atoms with E-state index >= 15 is 0 Å². The third kappa shape index (κ3) is 6.24. The molecule has 0 atom stereocenters. The molecule has 1 aromatic rings. The Labute approximate surface area is 151 Å². The van der Waals surface area contributed by atoms with Crippen LogP contribution in [-0.2, 0) is 19.0 Å². The number of carbonyl (C=O) groups is 1. The number of anilines is 2. The fourth-order valence-electron chi connectivity index (χ4n) is 2.22. The number of piperazine rings is 1. The number of methoxy groups -OCH3 is 1. The summed E-state index contributed by atoms with van der Waals surface area (Å²) in [4.78, 5) is 19.9. The number of hydrogen-bond donors (Lipinski definition) is 1. The number of aromatic nitrogens is 3. The van der Waals surface area contributed by atoms with Gasteiger partial charge in [0, 0.05) is 33.3 Å². The highest BCUT2D eigenvalue weighted by atomic mass is 35.5. The van der Waals surface area contributed by atoms with Gasteiger partial charge >= 0.3 is 0 Å². The van der Waals surface area contributed by atoms with Crippen molar-refractivity contribution in [2.75, 3.05) is 77.0 Å². The second-order valence-corrected chi connectivity index (χ2v) is 5.67. The first-order valence-electron chi connectivity index (χ1n) is 7.94. The van der Waals surface area contributed by atoms with Gasteiger partial charge in [-0.2, -0.15) is 4.98 Å². The Morgan fingerprint density at radius 2 is 1.80 bits per heavy atom. The van der Waals surface area contributed by atoms with Gasteiger partial charge in [0.15, 0.2) is 11.0 Å². The van der Waals surface area contributed by atoms with Gasteiger partial charge < -0.3 is 29.7 Å². The zero-order valence-corrected chi connectivity index (χ0v) is 14.9. The molecule has 0 saturated carbocycles. The van der Waals surface area contributed by atoms with Gasteiger partial charge in [-0.25, -0.2) is 0 Å². The fraction of sp³-hybridized carbons (Fsp3) is 0.714. The maximum Gasteiger partial charge on any atom is 0.248 e. The van der Waals surface area contributed by atoms with Crippen LogP contribution in [0.5, 0.6) is 0 Å². The first-order valence-corrected chi connectivity index (χ1v) is 8.32. The van der Waals surface area contributed by atoms with Crippen LogP contribution < -0.4 is 10.6 Å². The largest absolute Gasteiger partial charge is 0.382 e. The van der Waals surface area contributed by atoms with E-state index in [0.717, 1.165) is 0 Å². The molecule has 0 aliphatic carbocycles. The van der Waals surface area contributed by atoms with Crippen molar-refractivity contribution < 1.29 is 19.0 Å². The number of halogens is 1. The summed E-state index contributed by atoms with van der Waals surface area (Å²) in [5.41, 5.74) is 5.64. The van der Waals surface area contributed by atoms with Crippen LogP contribution in [-0.4, -0.2) is 92.3 Å². The monoisotopic (exact) mass is 374 g/mol. The van der Waals surface area contributed by atoms with Gasteiger partial charge in [-0.05, 0) is 0 Å². The molecule has 140 valence electrons. The van der Waals surface area contributed by atoms with Crippen LogP contribution >= 0.6 is 11.6 Å². The molecule has 25 heavy (non-hydrogen) atoms. The molecule has 2 N–H and O–H groups in total. The lowest BCUT2D eigenvalue weighted by Gasteiger charge is -2.34. The van der Waals surface area contributed by atoms with Crippen LogP contribution in [0.1, 0.15) is 0 Å². The molecule has 0 spiro atoms. The summed E-state index contributed by atoms with van der Waals surface area (Å²) in [5, 5.41) is 7.76. The number of hydrogen-bond acceptors (Lipinski definition) is 9. The van der Waals surface area contributed by atoms with Crippen molar-refractivity contribution in [3.8, 4) is 0 Å². The van der Waals surface area contributed by atoms with E-state index in [9.17, 15) is 4.79 Å². The molecule has 2 rings (SSSR count). The maximum atomic E-state index is 12.1. The fourth-order valence-corrected chi connectivity index (χ4v) is 2.30. The van der Waals surface area contributed by atoms with Gasteiger partial charge in [-0.3, -0.25) is 4.79 Å². The molecule has 1 amide bonds. The average Bonchev–Trinajstić information content (AvgIpc) is 2.63. The molecular formula is C14H23ClN6O4. The molecule has 10 nitrogen and oxygen atoms in total. The van der Waals surface area contributed by atoms with Crippen molar-refractivity contribution in [1.82, 2.24) is 20.1 Å². The van der Waals surface area contributed by atoms with Crippen LogP contribution in [0.2, 0.25) is 5.15 Å². The van der Waals surface area contributed by atoms with Gasteiger partial charge in [0.05, 0.1) is 26.4 Å². The molecule has 0 bridgehead atoms. The van der Waals surface area contributed by atoms with Gasteiger partial charge in [-0.15, -0.1) is 10.2 Å².